The first kappa shape index (κ1) is 12.9. The molecule has 1 aromatic heterocycles. The summed E-state index contributed by atoms with van der Waals surface area (Å²) in [7, 11) is 1.86. The number of aromatic nitrogens is 1. The van der Waals surface area contributed by atoms with E-state index in [0.717, 1.165) is 12.1 Å². The van der Waals surface area contributed by atoms with Gasteiger partial charge >= 0.3 is 0 Å². The van der Waals surface area contributed by atoms with Crippen LogP contribution in [0.25, 0.3) is 0 Å². The number of ether oxygens (including phenoxy) is 1. The van der Waals surface area contributed by atoms with E-state index >= 15 is 0 Å². The fraction of sp³-hybridized carbons (Fsp3) is 0.200. The van der Waals surface area contributed by atoms with Crippen LogP contribution in [0.1, 0.15) is 18.2 Å². The highest BCUT2D eigenvalue weighted by atomic mass is 16.5. The molecule has 0 aliphatic heterocycles. The number of hydrogen-bond acceptors (Lipinski definition) is 3. The van der Waals surface area contributed by atoms with Gasteiger partial charge in [-0.05, 0) is 18.6 Å². The van der Waals surface area contributed by atoms with Crippen molar-refractivity contribution in [1.82, 2.24) is 4.57 Å². The maximum atomic E-state index is 11.9. The zero-order valence-corrected chi connectivity index (χ0v) is 10.9. The van der Waals surface area contributed by atoms with Crippen LogP contribution in [0.4, 0.5) is 0 Å². The second-order valence-electron chi connectivity index (χ2n) is 4.17. The summed E-state index contributed by atoms with van der Waals surface area (Å²) in [6.45, 7) is 1.99. The van der Waals surface area contributed by atoms with Crippen LogP contribution in [0, 0.1) is 11.3 Å². The summed E-state index contributed by atoms with van der Waals surface area (Å²) in [6.07, 6.45) is 2.43. The molecule has 0 aliphatic carbocycles. The van der Waals surface area contributed by atoms with Gasteiger partial charge in [-0.1, -0.05) is 19.1 Å². The average molecular weight is 254 g/mol. The monoisotopic (exact) mass is 254 g/mol. The molecule has 19 heavy (non-hydrogen) atoms. The Balaban J connectivity index is 2.42. The van der Waals surface area contributed by atoms with E-state index in [1.807, 2.05) is 24.6 Å². The highest BCUT2D eigenvalue weighted by molar-refractivity contribution is 5.44. The van der Waals surface area contributed by atoms with Gasteiger partial charge in [0.05, 0.1) is 11.8 Å². The molecule has 0 unspecified atom stereocenters. The molecule has 2 rings (SSSR count). The molecule has 0 aliphatic rings. The van der Waals surface area contributed by atoms with E-state index in [2.05, 4.69) is 0 Å². The maximum Gasteiger partial charge on any atom is 0.224 e. The van der Waals surface area contributed by atoms with Gasteiger partial charge in [-0.2, -0.15) is 5.26 Å². The standard InChI is InChI=1S/C15H14N2O2/c1-3-12-8-13(18)15(10-17(12)2)19-14-7-5-4-6-11(14)9-16/h4-8,10H,3H2,1-2H3. The van der Waals surface area contributed by atoms with Crippen molar-refractivity contribution in [2.45, 2.75) is 13.3 Å². The fourth-order valence-electron chi connectivity index (χ4n) is 1.84. The van der Waals surface area contributed by atoms with Crippen LogP contribution < -0.4 is 10.2 Å². The Hall–Kier alpha value is -2.54. The third-order valence-electron chi connectivity index (χ3n) is 2.89. The first-order chi connectivity index (χ1) is 9.15. The minimum absolute atomic E-state index is 0.178. The Morgan fingerprint density at radius 3 is 2.74 bits per heavy atom. The van der Waals surface area contributed by atoms with Gasteiger partial charge in [0.25, 0.3) is 0 Å². The SMILES string of the molecule is CCc1cc(=O)c(Oc2ccccc2C#N)cn1C. The second kappa shape index (κ2) is 5.40. The molecule has 0 amide bonds. The molecule has 4 heteroatoms. The van der Waals surface area contributed by atoms with Gasteiger partial charge in [0.2, 0.25) is 5.43 Å². The van der Waals surface area contributed by atoms with Crippen LogP contribution in [-0.2, 0) is 13.5 Å². The number of rotatable bonds is 3. The Kier molecular flexibility index (Phi) is 3.67. The van der Waals surface area contributed by atoms with Crippen molar-refractivity contribution in [3.8, 4) is 17.6 Å². The summed E-state index contributed by atoms with van der Waals surface area (Å²) in [6, 6.07) is 10.4. The van der Waals surface area contributed by atoms with E-state index in [9.17, 15) is 4.79 Å². The minimum Gasteiger partial charge on any atom is -0.450 e. The molecule has 0 bridgehead atoms. The minimum atomic E-state index is -0.178. The molecule has 0 saturated heterocycles. The molecule has 2 aromatic rings. The summed E-state index contributed by atoms with van der Waals surface area (Å²) >= 11 is 0. The van der Waals surface area contributed by atoms with E-state index in [1.54, 1.807) is 36.5 Å². The molecule has 96 valence electrons. The van der Waals surface area contributed by atoms with Crippen molar-refractivity contribution in [2.24, 2.45) is 7.05 Å². The molecule has 0 atom stereocenters. The molecule has 0 radical (unpaired) electrons. The zero-order chi connectivity index (χ0) is 13.8. The number of benzene rings is 1. The quantitative estimate of drug-likeness (QED) is 0.846. The fourth-order valence-corrected chi connectivity index (χ4v) is 1.84. The van der Waals surface area contributed by atoms with Crippen LogP contribution in [0.15, 0.2) is 41.3 Å². The zero-order valence-electron chi connectivity index (χ0n) is 10.9. The molecule has 0 fully saturated rings. The van der Waals surface area contributed by atoms with Gasteiger partial charge in [0.15, 0.2) is 5.75 Å². The topological polar surface area (TPSA) is 55.0 Å². The lowest BCUT2D eigenvalue weighted by Crippen LogP contribution is -2.11. The Morgan fingerprint density at radius 1 is 1.32 bits per heavy atom. The highest BCUT2D eigenvalue weighted by Crippen LogP contribution is 2.22. The van der Waals surface area contributed by atoms with Crippen molar-refractivity contribution >= 4 is 0 Å². The predicted molar refractivity (Wildman–Crippen MR) is 72.3 cm³/mol. The highest BCUT2D eigenvalue weighted by Gasteiger charge is 2.08. The average Bonchev–Trinajstić information content (AvgIpc) is 2.43. The summed E-state index contributed by atoms with van der Waals surface area (Å²) < 4.78 is 7.41. The van der Waals surface area contributed by atoms with Crippen molar-refractivity contribution in [3.05, 3.63) is 58.0 Å². The predicted octanol–water partition coefficient (Wildman–Crippen LogP) is 2.61. The van der Waals surface area contributed by atoms with Crippen LogP contribution >= 0.6 is 0 Å². The van der Waals surface area contributed by atoms with Gasteiger partial charge in [0, 0.05) is 18.8 Å². The molecular formula is C15H14N2O2. The Labute approximate surface area is 111 Å². The number of hydrogen-bond donors (Lipinski definition) is 0. The Bertz CT molecular complexity index is 696. The van der Waals surface area contributed by atoms with Crippen LogP contribution in [-0.4, -0.2) is 4.57 Å². The van der Waals surface area contributed by atoms with Crippen LogP contribution in [0.2, 0.25) is 0 Å². The Morgan fingerprint density at radius 2 is 2.05 bits per heavy atom. The van der Waals surface area contributed by atoms with Crippen molar-refractivity contribution in [2.75, 3.05) is 0 Å². The van der Waals surface area contributed by atoms with Crippen LogP contribution in [0.5, 0.6) is 11.5 Å². The summed E-state index contributed by atoms with van der Waals surface area (Å²) in [5.74, 6) is 0.619. The summed E-state index contributed by atoms with van der Waals surface area (Å²) in [5, 5.41) is 8.99. The van der Waals surface area contributed by atoms with Crippen LogP contribution in [0.3, 0.4) is 0 Å². The molecule has 0 spiro atoms. The maximum absolute atomic E-state index is 11.9. The molecule has 1 heterocycles. The molecule has 0 saturated carbocycles. The first-order valence-electron chi connectivity index (χ1n) is 6.02. The van der Waals surface area contributed by atoms with Gasteiger partial charge in [-0.15, -0.1) is 0 Å². The smallest absolute Gasteiger partial charge is 0.224 e. The molecule has 1 aromatic carbocycles. The molecular weight excluding hydrogens is 240 g/mol. The third kappa shape index (κ3) is 2.66. The lowest BCUT2D eigenvalue weighted by atomic mass is 10.2. The van der Waals surface area contributed by atoms with Crippen molar-refractivity contribution in [3.63, 3.8) is 0 Å². The van der Waals surface area contributed by atoms with Gasteiger partial charge in [-0.3, -0.25) is 4.79 Å². The van der Waals surface area contributed by atoms with E-state index in [4.69, 9.17) is 10.00 Å². The van der Waals surface area contributed by atoms with Crippen molar-refractivity contribution < 1.29 is 4.74 Å². The van der Waals surface area contributed by atoms with E-state index in [-0.39, 0.29) is 11.2 Å². The first-order valence-corrected chi connectivity index (χ1v) is 6.02. The molecule has 4 nitrogen and oxygen atoms in total. The third-order valence-corrected chi connectivity index (χ3v) is 2.89. The number of nitrogens with zero attached hydrogens (tertiary/aromatic N) is 2. The van der Waals surface area contributed by atoms with Gasteiger partial charge in [-0.25, -0.2) is 0 Å². The normalized spacial score (nSPS) is 9.95. The largest absolute Gasteiger partial charge is 0.450 e. The number of aryl methyl sites for hydroxylation is 2. The second-order valence-corrected chi connectivity index (χ2v) is 4.17. The number of para-hydroxylation sites is 1. The summed E-state index contributed by atoms with van der Waals surface area (Å²) in [5.41, 5.74) is 1.16. The summed E-state index contributed by atoms with van der Waals surface area (Å²) in [4.78, 5) is 11.9. The number of pyridine rings is 1. The van der Waals surface area contributed by atoms with E-state index in [1.165, 1.54) is 0 Å². The lowest BCUT2D eigenvalue weighted by molar-refractivity contribution is 0.469. The van der Waals surface area contributed by atoms with E-state index < -0.39 is 0 Å². The number of nitriles is 1. The lowest BCUT2D eigenvalue weighted by Gasteiger charge is -2.10. The van der Waals surface area contributed by atoms with Gasteiger partial charge in [0.1, 0.15) is 11.8 Å². The van der Waals surface area contributed by atoms with Crippen molar-refractivity contribution in [1.29, 1.82) is 5.26 Å². The van der Waals surface area contributed by atoms with E-state index in [0.29, 0.717) is 11.3 Å². The van der Waals surface area contributed by atoms with Gasteiger partial charge < -0.3 is 9.30 Å². The molecule has 0 N–H and O–H groups in total.